The van der Waals surface area contributed by atoms with E-state index in [1.165, 1.54) is 23.6 Å². The molecule has 1 aliphatic heterocycles. The molecular weight excluding hydrogens is 344 g/mol. The Bertz CT molecular complexity index is 845. The van der Waals surface area contributed by atoms with E-state index in [9.17, 15) is 14.4 Å². The first kappa shape index (κ1) is 16.8. The molecule has 0 saturated carbocycles. The molecule has 1 aromatic carbocycles. The lowest BCUT2D eigenvalue weighted by molar-refractivity contribution is -0.172. The Hall–Kier alpha value is -3.07. The van der Waals surface area contributed by atoms with Crippen molar-refractivity contribution in [1.82, 2.24) is 10.0 Å². The molecule has 0 radical (unpaired) electrons. The zero-order valence-corrected chi connectivity index (χ0v) is 14.1. The Morgan fingerprint density at radius 1 is 1.36 bits per heavy atom. The van der Waals surface area contributed by atoms with E-state index >= 15 is 0 Å². The fraction of sp³-hybridized carbons (Fsp3) is 0.188. The number of carbonyl (C=O) groups is 3. The molecule has 9 heteroatoms. The van der Waals surface area contributed by atoms with Crippen LogP contribution in [0.5, 0.6) is 0 Å². The van der Waals surface area contributed by atoms with E-state index in [1.54, 1.807) is 18.2 Å². The number of hydrogen-bond acceptors (Lipinski definition) is 8. The van der Waals surface area contributed by atoms with Crippen LogP contribution in [0.3, 0.4) is 0 Å². The monoisotopic (exact) mass is 358 g/mol. The molecular formula is C16H14N4O4S. The number of nitrogens with one attached hydrogen (secondary N) is 1. The molecule has 8 nitrogen and oxygen atoms in total. The lowest BCUT2D eigenvalue weighted by atomic mass is 10.1. The lowest BCUT2D eigenvalue weighted by Crippen LogP contribution is -2.32. The van der Waals surface area contributed by atoms with Gasteiger partial charge in [0.15, 0.2) is 0 Å². The summed E-state index contributed by atoms with van der Waals surface area (Å²) in [6, 6.07) is 6.48. The predicted octanol–water partition coefficient (Wildman–Crippen LogP) is 2.12. The minimum Gasteiger partial charge on any atom is -0.325 e. The van der Waals surface area contributed by atoms with Crippen molar-refractivity contribution in [1.29, 1.82) is 0 Å². The largest absolute Gasteiger partial charge is 0.363 e. The normalized spacial score (nSPS) is 14.4. The number of anilines is 1. The molecule has 1 aliphatic rings. The second-order valence-electron chi connectivity index (χ2n) is 5.25. The molecule has 1 saturated heterocycles. The van der Waals surface area contributed by atoms with E-state index < -0.39 is 17.8 Å². The van der Waals surface area contributed by atoms with Gasteiger partial charge in [-0.05, 0) is 24.6 Å². The summed E-state index contributed by atoms with van der Waals surface area (Å²) in [6.07, 6.45) is 1.64. The third kappa shape index (κ3) is 4.07. The lowest BCUT2D eigenvalue weighted by Gasteiger charge is -2.12. The molecule has 128 valence electrons. The summed E-state index contributed by atoms with van der Waals surface area (Å²) in [4.78, 5) is 44.2. The van der Waals surface area contributed by atoms with Gasteiger partial charge < -0.3 is 4.84 Å². The Balaban J connectivity index is 1.65. The van der Waals surface area contributed by atoms with E-state index in [4.69, 9.17) is 4.84 Å². The molecule has 2 amide bonds. The van der Waals surface area contributed by atoms with Crippen molar-refractivity contribution in [3.05, 3.63) is 46.5 Å². The SMILES string of the molecule is Cc1csc(NN=Cc2cccc(C(=O)ON3C(=O)CCC3=O)c2)n1. The molecule has 0 spiro atoms. The van der Waals surface area contributed by atoms with Gasteiger partial charge in [-0.2, -0.15) is 5.10 Å². The molecule has 25 heavy (non-hydrogen) atoms. The molecule has 2 aromatic rings. The first-order valence-electron chi connectivity index (χ1n) is 7.42. The van der Waals surface area contributed by atoms with Crippen LogP contribution in [0.15, 0.2) is 34.7 Å². The standard InChI is InChI=1S/C16H14N4O4S/c1-10-9-25-16(18-10)19-17-8-11-3-2-4-12(7-11)15(23)24-20-13(21)5-6-14(20)22/h2-4,7-9H,5-6H2,1H3,(H,18,19). The maximum atomic E-state index is 12.1. The molecule has 2 heterocycles. The Kier molecular flexibility index (Phi) is 4.85. The van der Waals surface area contributed by atoms with Crippen LogP contribution in [0, 0.1) is 6.92 Å². The van der Waals surface area contributed by atoms with Gasteiger partial charge in [-0.15, -0.1) is 16.4 Å². The van der Waals surface area contributed by atoms with Crippen molar-refractivity contribution in [3.63, 3.8) is 0 Å². The second kappa shape index (κ2) is 7.22. The maximum absolute atomic E-state index is 12.1. The van der Waals surface area contributed by atoms with Gasteiger partial charge in [-0.25, -0.2) is 9.78 Å². The molecule has 1 fully saturated rings. The first-order valence-corrected chi connectivity index (χ1v) is 8.30. The molecule has 0 aliphatic carbocycles. The third-order valence-corrected chi connectivity index (χ3v) is 4.16. The van der Waals surface area contributed by atoms with E-state index in [2.05, 4.69) is 15.5 Å². The Morgan fingerprint density at radius 3 is 2.80 bits per heavy atom. The number of benzene rings is 1. The minimum atomic E-state index is -0.776. The van der Waals surface area contributed by atoms with Gasteiger partial charge in [-0.1, -0.05) is 12.1 Å². The fourth-order valence-corrected chi connectivity index (χ4v) is 2.74. The summed E-state index contributed by atoms with van der Waals surface area (Å²) < 4.78 is 0. The average Bonchev–Trinajstić information content (AvgIpc) is 3.15. The highest BCUT2D eigenvalue weighted by Crippen LogP contribution is 2.15. The summed E-state index contributed by atoms with van der Waals surface area (Å²) in [5.41, 5.74) is 4.55. The van der Waals surface area contributed by atoms with E-state index in [1.807, 2.05) is 12.3 Å². The predicted molar refractivity (Wildman–Crippen MR) is 91.0 cm³/mol. The number of aryl methyl sites for hydroxylation is 1. The number of imide groups is 1. The Morgan fingerprint density at radius 2 is 2.12 bits per heavy atom. The van der Waals surface area contributed by atoms with Crippen molar-refractivity contribution in [2.75, 3.05) is 5.43 Å². The van der Waals surface area contributed by atoms with Gasteiger partial charge in [0.05, 0.1) is 17.5 Å². The van der Waals surface area contributed by atoms with Gasteiger partial charge >= 0.3 is 5.97 Å². The molecule has 3 rings (SSSR count). The van der Waals surface area contributed by atoms with Gasteiger partial charge in [0.2, 0.25) is 5.13 Å². The zero-order valence-electron chi connectivity index (χ0n) is 13.3. The van der Waals surface area contributed by atoms with Crippen LogP contribution in [0.4, 0.5) is 5.13 Å². The Labute approximate surface area is 147 Å². The number of rotatable bonds is 5. The summed E-state index contributed by atoms with van der Waals surface area (Å²) in [5, 5.41) is 7.14. The quantitative estimate of drug-likeness (QED) is 0.499. The summed E-state index contributed by atoms with van der Waals surface area (Å²) >= 11 is 1.43. The molecule has 1 aromatic heterocycles. The smallest absolute Gasteiger partial charge is 0.325 e. The third-order valence-electron chi connectivity index (χ3n) is 3.30. The van der Waals surface area contributed by atoms with Gasteiger partial charge in [0, 0.05) is 18.2 Å². The highest BCUT2D eigenvalue weighted by atomic mass is 32.1. The van der Waals surface area contributed by atoms with Gasteiger partial charge in [0.25, 0.3) is 11.8 Å². The average molecular weight is 358 g/mol. The summed E-state index contributed by atoms with van der Waals surface area (Å²) in [5.74, 6) is -1.81. The number of carbonyl (C=O) groups excluding carboxylic acids is 3. The summed E-state index contributed by atoms with van der Waals surface area (Å²) in [7, 11) is 0. The highest BCUT2D eigenvalue weighted by molar-refractivity contribution is 7.13. The van der Waals surface area contributed by atoms with Crippen LogP contribution in [-0.2, 0) is 14.4 Å². The van der Waals surface area contributed by atoms with Crippen molar-refractivity contribution in [3.8, 4) is 0 Å². The van der Waals surface area contributed by atoms with Crippen molar-refractivity contribution in [2.45, 2.75) is 19.8 Å². The number of hydroxylamine groups is 2. The van der Waals surface area contributed by atoms with Gasteiger partial charge in [0.1, 0.15) is 0 Å². The van der Waals surface area contributed by atoms with Crippen molar-refractivity contribution in [2.24, 2.45) is 5.10 Å². The molecule has 0 unspecified atom stereocenters. The number of nitrogens with zero attached hydrogens (tertiary/aromatic N) is 3. The fourth-order valence-electron chi connectivity index (χ4n) is 2.11. The van der Waals surface area contributed by atoms with Crippen LogP contribution in [0.25, 0.3) is 0 Å². The number of aromatic nitrogens is 1. The van der Waals surface area contributed by atoms with Crippen LogP contribution in [-0.4, -0.2) is 34.0 Å². The van der Waals surface area contributed by atoms with Crippen molar-refractivity contribution < 1.29 is 19.2 Å². The first-order chi connectivity index (χ1) is 12.0. The molecule has 0 atom stereocenters. The number of thiazole rings is 1. The van der Waals surface area contributed by atoms with Gasteiger partial charge in [-0.3, -0.25) is 15.0 Å². The number of hydrazone groups is 1. The van der Waals surface area contributed by atoms with E-state index in [0.29, 0.717) is 15.8 Å². The van der Waals surface area contributed by atoms with Crippen LogP contribution >= 0.6 is 11.3 Å². The number of hydrogen-bond donors (Lipinski definition) is 1. The molecule has 0 bridgehead atoms. The minimum absolute atomic E-state index is 0.0563. The van der Waals surface area contributed by atoms with E-state index in [-0.39, 0.29) is 18.4 Å². The van der Waals surface area contributed by atoms with E-state index in [0.717, 1.165) is 5.69 Å². The summed E-state index contributed by atoms with van der Waals surface area (Å²) in [6.45, 7) is 1.89. The van der Waals surface area contributed by atoms with Crippen LogP contribution in [0.2, 0.25) is 0 Å². The van der Waals surface area contributed by atoms with Crippen molar-refractivity contribution >= 4 is 40.5 Å². The maximum Gasteiger partial charge on any atom is 0.363 e. The van der Waals surface area contributed by atoms with Crippen LogP contribution < -0.4 is 5.43 Å². The van der Waals surface area contributed by atoms with Crippen LogP contribution in [0.1, 0.15) is 34.5 Å². The number of amides is 2. The highest BCUT2D eigenvalue weighted by Gasteiger charge is 2.33. The molecule has 1 N–H and O–H groups in total. The second-order valence-corrected chi connectivity index (χ2v) is 6.11. The zero-order chi connectivity index (χ0) is 17.8. The topological polar surface area (TPSA) is 101 Å².